The highest BCUT2D eigenvalue weighted by atomic mass is 16.4. The molecule has 0 saturated heterocycles. The lowest BCUT2D eigenvalue weighted by molar-refractivity contribution is 0.0696. The summed E-state index contributed by atoms with van der Waals surface area (Å²) in [7, 11) is 0. The van der Waals surface area contributed by atoms with Crippen LogP contribution in [-0.2, 0) is 5.41 Å². The zero-order valence-corrected chi connectivity index (χ0v) is 13.9. The second-order valence-corrected chi connectivity index (χ2v) is 7.82. The smallest absolute Gasteiger partial charge is 0.340 e. The van der Waals surface area contributed by atoms with E-state index in [4.69, 9.17) is 0 Å². The molecule has 118 valence electrons. The molecular weight excluding hydrogens is 276 g/mol. The van der Waals surface area contributed by atoms with E-state index in [0.717, 1.165) is 17.4 Å². The zero-order valence-electron chi connectivity index (χ0n) is 13.9. The summed E-state index contributed by atoms with van der Waals surface area (Å²) in [6.45, 7) is 10.9. The fraction of sp³-hybridized carbons (Fsp3) is 0.421. The topological polar surface area (TPSA) is 57.5 Å². The first-order valence-electron chi connectivity index (χ1n) is 7.51. The molecular formula is C19H24O3. The predicted octanol–water partition coefficient (Wildman–Crippen LogP) is 4.96. The Morgan fingerprint density at radius 2 is 1.64 bits per heavy atom. The average Bonchev–Trinajstić information content (AvgIpc) is 2.34. The highest BCUT2D eigenvalue weighted by Crippen LogP contribution is 2.38. The fourth-order valence-corrected chi connectivity index (χ4v) is 3.38. The number of carboxylic acids is 1. The Bertz CT molecular complexity index is 721. The lowest BCUT2D eigenvalue weighted by atomic mass is 9.72. The minimum atomic E-state index is -1.10. The molecule has 2 rings (SSSR count). The lowest BCUT2D eigenvalue weighted by Crippen LogP contribution is -2.24. The summed E-state index contributed by atoms with van der Waals surface area (Å²) >= 11 is 0. The van der Waals surface area contributed by atoms with Crippen LogP contribution in [0.5, 0.6) is 5.75 Å². The third-order valence-corrected chi connectivity index (χ3v) is 3.97. The molecule has 0 fully saturated rings. The van der Waals surface area contributed by atoms with E-state index in [1.54, 1.807) is 6.07 Å². The summed E-state index contributed by atoms with van der Waals surface area (Å²) in [5.74, 6) is -1.29. The van der Waals surface area contributed by atoms with Crippen LogP contribution in [-0.4, -0.2) is 16.2 Å². The van der Waals surface area contributed by atoms with E-state index in [9.17, 15) is 15.0 Å². The van der Waals surface area contributed by atoms with Gasteiger partial charge < -0.3 is 10.2 Å². The molecule has 0 aliphatic rings. The van der Waals surface area contributed by atoms with Crippen molar-refractivity contribution in [2.24, 2.45) is 5.41 Å². The molecule has 0 aliphatic carbocycles. The van der Waals surface area contributed by atoms with Gasteiger partial charge in [0.2, 0.25) is 0 Å². The SMILES string of the molecule is CC(C)(C)CC(C)(C)c1ccc2ccc(O)c(C(=O)O)c2c1. The van der Waals surface area contributed by atoms with Gasteiger partial charge in [-0.2, -0.15) is 0 Å². The van der Waals surface area contributed by atoms with Crippen LogP contribution >= 0.6 is 0 Å². The van der Waals surface area contributed by atoms with E-state index >= 15 is 0 Å². The second kappa shape index (κ2) is 5.31. The normalized spacial score (nSPS) is 12.6. The van der Waals surface area contributed by atoms with Crippen molar-refractivity contribution >= 4 is 16.7 Å². The molecule has 3 nitrogen and oxygen atoms in total. The lowest BCUT2D eigenvalue weighted by Gasteiger charge is -2.33. The van der Waals surface area contributed by atoms with Gasteiger partial charge in [-0.3, -0.25) is 0 Å². The van der Waals surface area contributed by atoms with E-state index in [1.807, 2.05) is 12.1 Å². The second-order valence-electron chi connectivity index (χ2n) is 7.82. The molecule has 3 heteroatoms. The number of aromatic hydroxyl groups is 1. The number of carboxylic acid groups (broad SMARTS) is 1. The van der Waals surface area contributed by atoms with Gasteiger partial charge in [0.15, 0.2) is 0 Å². The molecule has 0 radical (unpaired) electrons. The highest BCUT2D eigenvalue weighted by molar-refractivity contribution is 6.06. The minimum Gasteiger partial charge on any atom is -0.507 e. The molecule has 2 aromatic carbocycles. The summed E-state index contributed by atoms with van der Waals surface area (Å²) in [5, 5.41) is 20.7. The van der Waals surface area contributed by atoms with Crippen LogP contribution in [0.4, 0.5) is 0 Å². The maximum absolute atomic E-state index is 11.5. The molecule has 0 aromatic heterocycles. The van der Waals surface area contributed by atoms with Crippen LogP contribution in [0.3, 0.4) is 0 Å². The number of aromatic carboxylic acids is 1. The van der Waals surface area contributed by atoms with Crippen LogP contribution in [0.25, 0.3) is 10.8 Å². The molecule has 0 heterocycles. The van der Waals surface area contributed by atoms with Crippen molar-refractivity contribution in [1.82, 2.24) is 0 Å². The molecule has 0 bridgehead atoms. The Labute approximate surface area is 131 Å². The minimum absolute atomic E-state index is 0.0223. The molecule has 0 aliphatic heterocycles. The van der Waals surface area contributed by atoms with Gasteiger partial charge in [-0.1, -0.05) is 52.8 Å². The molecule has 0 atom stereocenters. The number of phenols is 1. The van der Waals surface area contributed by atoms with Gasteiger partial charge in [0.25, 0.3) is 0 Å². The third-order valence-electron chi connectivity index (χ3n) is 3.97. The number of rotatable bonds is 3. The maximum Gasteiger partial charge on any atom is 0.340 e. The van der Waals surface area contributed by atoms with E-state index < -0.39 is 5.97 Å². The van der Waals surface area contributed by atoms with Crippen molar-refractivity contribution in [3.8, 4) is 5.75 Å². The molecule has 0 unspecified atom stereocenters. The van der Waals surface area contributed by atoms with Crippen molar-refractivity contribution in [2.75, 3.05) is 0 Å². The van der Waals surface area contributed by atoms with Gasteiger partial charge in [0, 0.05) is 5.39 Å². The Morgan fingerprint density at radius 3 is 2.18 bits per heavy atom. The first-order chi connectivity index (χ1) is 10.0. The Hall–Kier alpha value is -2.03. The van der Waals surface area contributed by atoms with Crippen LogP contribution in [0.2, 0.25) is 0 Å². The predicted molar refractivity (Wildman–Crippen MR) is 89.7 cm³/mol. The average molecular weight is 300 g/mol. The van der Waals surface area contributed by atoms with Crippen LogP contribution in [0.15, 0.2) is 30.3 Å². The van der Waals surface area contributed by atoms with Crippen molar-refractivity contribution in [1.29, 1.82) is 0 Å². The van der Waals surface area contributed by atoms with Crippen molar-refractivity contribution in [3.05, 3.63) is 41.5 Å². The van der Waals surface area contributed by atoms with E-state index in [0.29, 0.717) is 5.39 Å². The number of carbonyl (C=O) groups is 1. The van der Waals surface area contributed by atoms with Gasteiger partial charge in [0.05, 0.1) is 0 Å². The van der Waals surface area contributed by atoms with Gasteiger partial charge in [-0.25, -0.2) is 4.79 Å². The molecule has 22 heavy (non-hydrogen) atoms. The highest BCUT2D eigenvalue weighted by Gasteiger charge is 2.28. The number of hydrogen-bond acceptors (Lipinski definition) is 2. The monoisotopic (exact) mass is 300 g/mol. The van der Waals surface area contributed by atoms with Gasteiger partial charge in [-0.15, -0.1) is 0 Å². The van der Waals surface area contributed by atoms with Gasteiger partial charge in [-0.05, 0) is 40.3 Å². The van der Waals surface area contributed by atoms with E-state index in [2.05, 4.69) is 40.7 Å². The van der Waals surface area contributed by atoms with E-state index in [1.165, 1.54) is 6.07 Å². The summed E-state index contributed by atoms with van der Waals surface area (Å²) in [6, 6.07) is 9.07. The first-order valence-corrected chi connectivity index (χ1v) is 7.51. The van der Waals surface area contributed by atoms with Crippen molar-refractivity contribution < 1.29 is 15.0 Å². The Balaban J connectivity index is 2.63. The van der Waals surface area contributed by atoms with Gasteiger partial charge in [0.1, 0.15) is 11.3 Å². The third kappa shape index (κ3) is 3.24. The summed E-state index contributed by atoms with van der Waals surface area (Å²) in [5.41, 5.74) is 1.16. The fourth-order valence-electron chi connectivity index (χ4n) is 3.38. The Morgan fingerprint density at radius 1 is 1.05 bits per heavy atom. The number of fused-ring (bicyclic) bond motifs is 1. The van der Waals surface area contributed by atoms with Crippen molar-refractivity contribution in [2.45, 2.75) is 46.5 Å². The van der Waals surface area contributed by atoms with Crippen LogP contribution in [0, 0.1) is 5.41 Å². The summed E-state index contributed by atoms with van der Waals surface area (Å²) < 4.78 is 0. The number of hydrogen-bond donors (Lipinski definition) is 2. The van der Waals surface area contributed by atoms with Crippen LogP contribution in [0.1, 0.15) is 57.0 Å². The van der Waals surface area contributed by atoms with Crippen molar-refractivity contribution in [3.63, 3.8) is 0 Å². The van der Waals surface area contributed by atoms with E-state index in [-0.39, 0.29) is 22.1 Å². The quantitative estimate of drug-likeness (QED) is 0.842. The molecule has 2 N–H and O–H groups in total. The van der Waals surface area contributed by atoms with Gasteiger partial charge >= 0.3 is 5.97 Å². The summed E-state index contributed by atoms with van der Waals surface area (Å²) in [6.07, 6.45) is 0.979. The summed E-state index contributed by atoms with van der Waals surface area (Å²) in [4.78, 5) is 11.5. The zero-order chi connectivity index (χ0) is 16.7. The first kappa shape index (κ1) is 16.3. The molecule has 0 spiro atoms. The Kier molecular flexibility index (Phi) is 3.94. The van der Waals surface area contributed by atoms with Crippen LogP contribution < -0.4 is 0 Å². The molecule has 0 saturated carbocycles. The standard InChI is InChI=1S/C19H24O3/c1-18(2,3)11-19(4,5)13-8-6-12-7-9-15(20)16(17(21)22)14(12)10-13/h6-10,20H,11H2,1-5H3,(H,21,22). The largest absolute Gasteiger partial charge is 0.507 e. The number of benzene rings is 2. The molecule has 0 amide bonds. The molecule has 2 aromatic rings. The maximum atomic E-state index is 11.5.